The van der Waals surface area contributed by atoms with E-state index in [1.807, 2.05) is 33.8 Å². The van der Waals surface area contributed by atoms with Crippen LogP contribution in [0.15, 0.2) is 71.6 Å². The first-order valence-corrected chi connectivity index (χ1v) is 15.7. The Hall–Kier alpha value is -3.76. The van der Waals surface area contributed by atoms with Crippen LogP contribution in [0.4, 0.5) is 5.69 Å². The van der Waals surface area contributed by atoms with Crippen molar-refractivity contribution in [1.82, 2.24) is 10.2 Å². The van der Waals surface area contributed by atoms with Gasteiger partial charge in [-0.25, -0.2) is 8.42 Å². The van der Waals surface area contributed by atoms with Gasteiger partial charge >= 0.3 is 0 Å². The minimum absolute atomic E-state index is 0.00945. The summed E-state index contributed by atoms with van der Waals surface area (Å²) < 4.78 is 40.1. The summed E-state index contributed by atoms with van der Waals surface area (Å²) in [7, 11) is -1.34. The van der Waals surface area contributed by atoms with E-state index in [2.05, 4.69) is 5.32 Å². The molecule has 43 heavy (non-hydrogen) atoms. The normalized spacial score (nSPS) is 12.3. The third-order valence-corrected chi connectivity index (χ3v) is 8.68. The number of nitrogens with one attached hydrogen (secondary N) is 1. The molecule has 3 aromatic rings. The summed E-state index contributed by atoms with van der Waals surface area (Å²) in [6, 6.07) is 17.2. The summed E-state index contributed by atoms with van der Waals surface area (Å²) >= 11 is 6.31. The van der Waals surface area contributed by atoms with E-state index in [1.165, 1.54) is 30.2 Å². The molecule has 0 aliphatic heterocycles. The summed E-state index contributed by atoms with van der Waals surface area (Å²) in [4.78, 5) is 29.2. The van der Waals surface area contributed by atoms with Crippen LogP contribution in [-0.2, 0) is 26.2 Å². The quantitative estimate of drug-likeness (QED) is 0.280. The monoisotopic (exact) mass is 629 g/mol. The van der Waals surface area contributed by atoms with Crippen LogP contribution in [0, 0.1) is 6.92 Å². The van der Waals surface area contributed by atoms with E-state index in [0.29, 0.717) is 17.7 Å². The predicted molar refractivity (Wildman–Crippen MR) is 169 cm³/mol. The zero-order valence-electron chi connectivity index (χ0n) is 25.7. The van der Waals surface area contributed by atoms with Crippen molar-refractivity contribution in [3.63, 3.8) is 0 Å². The molecule has 0 spiro atoms. The second-order valence-electron chi connectivity index (χ2n) is 11.2. The van der Waals surface area contributed by atoms with E-state index >= 15 is 0 Å². The number of halogens is 1. The molecular formula is C32H40ClN3O6S. The number of sulfonamides is 1. The molecule has 11 heteroatoms. The molecule has 0 saturated heterocycles. The van der Waals surface area contributed by atoms with E-state index in [4.69, 9.17) is 21.1 Å². The van der Waals surface area contributed by atoms with Gasteiger partial charge in [0.05, 0.1) is 24.8 Å². The highest BCUT2D eigenvalue weighted by Gasteiger charge is 2.35. The molecule has 232 valence electrons. The lowest BCUT2D eigenvalue weighted by Crippen LogP contribution is -2.55. The molecule has 0 heterocycles. The first kappa shape index (κ1) is 33.7. The van der Waals surface area contributed by atoms with Gasteiger partial charge in [-0.3, -0.25) is 13.9 Å². The fraction of sp³-hybridized carbons (Fsp3) is 0.375. The van der Waals surface area contributed by atoms with Crippen LogP contribution in [-0.4, -0.2) is 57.5 Å². The highest BCUT2D eigenvalue weighted by atomic mass is 35.5. The summed E-state index contributed by atoms with van der Waals surface area (Å²) in [6.45, 7) is 8.64. The fourth-order valence-corrected chi connectivity index (χ4v) is 6.13. The molecule has 0 aliphatic carbocycles. The average Bonchev–Trinajstić information content (AvgIpc) is 2.95. The number of aryl methyl sites for hydroxylation is 1. The number of carbonyl (C=O) groups is 2. The summed E-state index contributed by atoms with van der Waals surface area (Å²) in [5.41, 5.74) is 1.13. The molecule has 1 atom stereocenters. The van der Waals surface area contributed by atoms with Crippen LogP contribution in [0.2, 0.25) is 5.02 Å². The molecule has 0 bridgehead atoms. The minimum atomic E-state index is -4.29. The van der Waals surface area contributed by atoms with Crippen LogP contribution >= 0.6 is 11.6 Å². The lowest BCUT2D eigenvalue weighted by Gasteiger charge is -2.35. The molecule has 0 radical (unpaired) electrons. The summed E-state index contributed by atoms with van der Waals surface area (Å²) in [5, 5.41) is 3.22. The van der Waals surface area contributed by atoms with Crippen LogP contribution < -0.4 is 19.1 Å². The molecule has 3 rings (SSSR count). The Labute approximate surface area is 259 Å². The number of hydrogen-bond donors (Lipinski definition) is 1. The third-order valence-electron chi connectivity index (χ3n) is 6.67. The Kier molecular flexibility index (Phi) is 11.1. The van der Waals surface area contributed by atoms with Gasteiger partial charge in [-0.15, -0.1) is 0 Å². The van der Waals surface area contributed by atoms with E-state index < -0.39 is 34.1 Å². The Morgan fingerprint density at radius 3 is 2.23 bits per heavy atom. The molecule has 0 unspecified atom stereocenters. The maximum atomic E-state index is 14.3. The average molecular weight is 630 g/mol. The number of benzene rings is 3. The first-order valence-electron chi connectivity index (χ1n) is 13.9. The molecule has 9 nitrogen and oxygen atoms in total. The van der Waals surface area contributed by atoms with E-state index in [0.717, 1.165) is 9.87 Å². The third kappa shape index (κ3) is 8.64. The van der Waals surface area contributed by atoms with Gasteiger partial charge in [0.2, 0.25) is 11.8 Å². The van der Waals surface area contributed by atoms with E-state index in [1.54, 1.807) is 56.5 Å². The van der Waals surface area contributed by atoms with Crippen LogP contribution in [0.25, 0.3) is 0 Å². The van der Waals surface area contributed by atoms with Crippen LogP contribution in [0.5, 0.6) is 11.5 Å². The number of methoxy groups -OCH3 is 2. The van der Waals surface area contributed by atoms with Crippen molar-refractivity contribution in [2.45, 2.75) is 64.1 Å². The van der Waals surface area contributed by atoms with Gasteiger partial charge in [-0.05, 0) is 82.1 Å². The molecule has 3 aromatic carbocycles. The second kappa shape index (κ2) is 14.1. The Morgan fingerprint density at radius 1 is 0.977 bits per heavy atom. The number of amides is 2. The summed E-state index contributed by atoms with van der Waals surface area (Å²) in [6.07, 6.45) is 0.294. The predicted octanol–water partition coefficient (Wildman–Crippen LogP) is 5.58. The maximum absolute atomic E-state index is 14.3. The van der Waals surface area contributed by atoms with Gasteiger partial charge in [-0.1, -0.05) is 48.4 Å². The molecule has 2 amide bonds. The number of rotatable bonds is 12. The Balaban J connectivity index is 2.15. The lowest BCUT2D eigenvalue weighted by molar-refractivity contribution is -0.141. The minimum Gasteiger partial charge on any atom is -0.497 e. The molecule has 0 aliphatic rings. The van der Waals surface area contributed by atoms with Gasteiger partial charge in [0.15, 0.2) is 0 Å². The largest absolute Gasteiger partial charge is 0.497 e. The lowest BCUT2D eigenvalue weighted by atomic mass is 10.1. The summed E-state index contributed by atoms with van der Waals surface area (Å²) in [5.74, 6) is -0.134. The van der Waals surface area contributed by atoms with Crippen molar-refractivity contribution >= 4 is 39.1 Å². The molecule has 0 saturated carbocycles. The van der Waals surface area contributed by atoms with Crippen molar-refractivity contribution in [2.75, 3.05) is 25.1 Å². The number of ether oxygens (including phenoxy) is 2. The molecular weight excluding hydrogens is 590 g/mol. The van der Waals surface area contributed by atoms with Crippen molar-refractivity contribution in [3.05, 3.63) is 82.9 Å². The van der Waals surface area contributed by atoms with E-state index in [-0.39, 0.29) is 33.8 Å². The number of nitrogens with zero attached hydrogens (tertiary/aromatic N) is 2. The molecule has 1 N–H and O–H groups in total. The highest BCUT2D eigenvalue weighted by Crippen LogP contribution is 2.35. The SMILES string of the molecule is CC[C@@H](C(=O)NC(C)(C)C)N(Cc1cccc(OC)c1)C(=O)CN(c1cc(Cl)ccc1OC)S(=O)(=O)c1ccc(C)cc1. The van der Waals surface area contributed by atoms with Gasteiger partial charge < -0.3 is 19.7 Å². The Bertz CT molecular complexity index is 1540. The smallest absolute Gasteiger partial charge is 0.264 e. The van der Waals surface area contributed by atoms with Gasteiger partial charge in [0.25, 0.3) is 10.0 Å². The van der Waals surface area contributed by atoms with Crippen LogP contribution in [0.3, 0.4) is 0 Å². The zero-order chi connectivity index (χ0) is 31.9. The van der Waals surface area contributed by atoms with Crippen molar-refractivity contribution in [3.8, 4) is 11.5 Å². The maximum Gasteiger partial charge on any atom is 0.264 e. The van der Waals surface area contributed by atoms with Gasteiger partial charge in [-0.2, -0.15) is 0 Å². The van der Waals surface area contributed by atoms with Crippen molar-refractivity contribution < 1.29 is 27.5 Å². The Morgan fingerprint density at radius 2 is 1.65 bits per heavy atom. The second-order valence-corrected chi connectivity index (χ2v) is 13.5. The number of anilines is 1. The van der Waals surface area contributed by atoms with Crippen molar-refractivity contribution in [1.29, 1.82) is 0 Å². The van der Waals surface area contributed by atoms with E-state index in [9.17, 15) is 18.0 Å². The van der Waals surface area contributed by atoms with Crippen molar-refractivity contribution in [2.24, 2.45) is 0 Å². The van der Waals surface area contributed by atoms with Gasteiger partial charge in [0, 0.05) is 17.1 Å². The topological polar surface area (TPSA) is 105 Å². The number of carbonyl (C=O) groups excluding carboxylic acids is 2. The molecule has 0 aromatic heterocycles. The van der Waals surface area contributed by atoms with Gasteiger partial charge in [0.1, 0.15) is 24.1 Å². The first-order chi connectivity index (χ1) is 20.2. The highest BCUT2D eigenvalue weighted by molar-refractivity contribution is 7.92. The number of hydrogen-bond acceptors (Lipinski definition) is 6. The van der Waals surface area contributed by atoms with Crippen LogP contribution in [0.1, 0.15) is 45.2 Å². The molecule has 0 fully saturated rings. The standard InChI is InChI=1S/C32H40ClN3O6S/c1-8-27(31(38)34-32(3,4)5)35(20-23-10-9-11-25(18-23)41-6)30(37)21-36(28-19-24(33)14-17-29(28)42-7)43(39,40)26-15-12-22(2)13-16-26/h9-19,27H,8,20-21H2,1-7H3,(H,34,38)/t27-/m0/s1. The zero-order valence-corrected chi connectivity index (χ0v) is 27.3. The fourth-order valence-electron chi connectivity index (χ4n) is 4.55.